The van der Waals surface area contributed by atoms with Crippen LogP contribution in [0.25, 0.3) is 10.8 Å². The molecule has 0 N–H and O–H groups in total. The summed E-state index contributed by atoms with van der Waals surface area (Å²) in [6, 6.07) is 16.7. The van der Waals surface area contributed by atoms with Crippen molar-refractivity contribution in [2.24, 2.45) is 0 Å². The molecule has 1 atom stereocenters. The van der Waals surface area contributed by atoms with Crippen LogP contribution >= 0.6 is 33.1 Å². The van der Waals surface area contributed by atoms with Crippen molar-refractivity contribution in [3.8, 4) is 0 Å². The van der Waals surface area contributed by atoms with Gasteiger partial charge in [0.1, 0.15) is 0 Å². The lowest BCUT2D eigenvalue weighted by atomic mass is 10.1. The van der Waals surface area contributed by atoms with Gasteiger partial charge >= 0.3 is 10.6 Å². The molecule has 19 heavy (non-hydrogen) atoms. The number of hydrogen-bond acceptors (Lipinski definition) is 2. The molecular weight excluding hydrogens is 336 g/mol. The lowest BCUT2D eigenvalue weighted by Crippen LogP contribution is -1.69. The number of hydrogen-bond donors (Lipinski definition) is 0. The first-order chi connectivity index (χ1) is 8.38. The minimum absolute atomic E-state index is 0. The standard InChI is InChI=1S/C10H8.CH2Cl2.F2O2S.H3P/c1-2-6-10-8-4-3-7-9(10)5-1;2-1-3;1-5(2,3)4;/h1-8H;1H2;;1H3. The summed E-state index contributed by atoms with van der Waals surface area (Å²) in [5.41, 5.74) is 0. The molecule has 0 aromatic heterocycles. The molecule has 0 heterocycles. The Bertz CT molecular complexity index is 494. The molecule has 0 spiro atoms. The zero-order valence-electron chi connectivity index (χ0n) is 9.77. The van der Waals surface area contributed by atoms with E-state index in [1.807, 2.05) is 0 Å². The van der Waals surface area contributed by atoms with Crippen LogP contribution in [0.4, 0.5) is 7.77 Å². The van der Waals surface area contributed by atoms with Gasteiger partial charge in [-0.2, -0.15) is 18.3 Å². The van der Waals surface area contributed by atoms with Crippen LogP contribution in [0.5, 0.6) is 0 Å². The van der Waals surface area contributed by atoms with Gasteiger partial charge in [-0.3, -0.25) is 0 Å². The van der Waals surface area contributed by atoms with Gasteiger partial charge in [-0.15, -0.1) is 23.2 Å². The molecule has 8 heteroatoms. The maximum atomic E-state index is 9.99. The van der Waals surface area contributed by atoms with Crippen molar-refractivity contribution in [1.82, 2.24) is 0 Å². The molecule has 0 radical (unpaired) electrons. The van der Waals surface area contributed by atoms with Crippen molar-refractivity contribution in [2.75, 3.05) is 5.34 Å². The molecule has 1 unspecified atom stereocenters. The van der Waals surface area contributed by atoms with E-state index in [9.17, 15) is 7.77 Å². The van der Waals surface area contributed by atoms with Gasteiger partial charge in [-0.25, -0.2) is 0 Å². The Morgan fingerprint density at radius 2 is 1.00 bits per heavy atom. The third-order valence-electron chi connectivity index (χ3n) is 1.66. The molecule has 0 aliphatic rings. The number of fused-ring (bicyclic) bond motifs is 1. The van der Waals surface area contributed by atoms with Gasteiger partial charge < -0.3 is 0 Å². The van der Waals surface area contributed by atoms with Gasteiger partial charge in [0.15, 0.2) is 0 Å². The highest BCUT2D eigenvalue weighted by Gasteiger charge is 1.94. The van der Waals surface area contributed by atoms with Gasteiger partial charge in [0.25, 0.3) is 0 Å². The number of rotatable bonds is 0. The van der Waals surface area contributed by atoms with E-state index in [1.165, 1.54) is 10.8 Å². The number of alkyl halides is 2. The summed E-state index contributed by atoms with van der Waals surface area (Å²) in [5, 5.41) is 2.81. The fourth-order valence-electron chi connectivity index (χ4n) is 1.13. The molecule has 2 nitrogen and oxygen atoms in total. The van der Waals surface area contributed by atoms with Gasteiger partial charge in [-0.05, 0) is 10.8 Å². The summed E-state index contributed by atoms with van der Waals surface area (Å²) in [6.07, 6.45) is 0. The molecule has 0 saturated heterocycles. The van der Waals surface area contributed by atoms with Crippen LogP contribution in [0, 0.1) is 0 Å². The van der Waals surface area contributed by atoms with Crippen molar-refractivity contribution in [3.05, 3.63) is 48.5 Å². The lowest BCUT2D eigenvalue weighted by Gasteiger charge is -1.92. The molecule has 2 aromatic rings. The van der Waals surface area contributed by atoms with Crippen LogP contribution in [0.1, 0.15) is 0 Å². The average molecular weight is 349 g/mol. The Hall–Kier alpha value is -0.480. The minimum Gasteiger partial charge on any atom is -0.160 e. The minimum atomic E-state index is -5.67. The van der Waals surface area contributed by atoms with Crippen LogP contribution in [-0.2, 0) is 10.6 Å². The van der Waals surface area contributed by atoms with E-state index in [2.05, 4.69) is 48.5 Å². The van der Waals surface area contributed by atoms with E-state index in [0.717, 1.165) is 0 Å². The Morgan fingerprint density at radius 3 is 1.16 bits per heavy atom. The third-order valence-corrected chi connectivity index (χ3v) is 1.66. The molecule has 2 rings (SSSR count). The van der Waals surface area contributed by atoms with Crippen LogP contribution in [0.3, 0.4) is 0 Å². The highest BCUT2D eigenvalue weighted by atomic mass is 35.5. The van der Waals surface area contributed by atoms with Crippen molar-refractivity contribution < 1.29 is 16.2 Å². The van der Waals surface area contributed by atoms with Crippen molar-refractivity contribution in [2.45, 2.75) is 0 Å². The summed E-state index contributed by atoms with van der Waals surface area (Å²) in [7, 11) is -5.67. The fourth-order valence-corrected chi connectivity index (χ4v) is 1.13. The third kappa shape index (κ3) is 13.7. The van der Waals surface area contributed by atoms with Gasteiger partial charge in [0.05, 0.1) is 5.34 Å². The second-order valence-electron chi connectivity index (χ2n) is 2.83. The first-order valence-corrected chi connectivity index (χ1v) is 6.93. The zero-order valence-corrected chi connectivity index (χ0v) is 13.5. The molecule has 0 fully saturated rings. The number of benzene rings is 2. The average Bonchev–Trinajstić information content (AvgIpc) is 2.28. The maximum Gasteiger partial charge on any atom is 0.476 e. The van der Waals surface area contributed by atoms with Crippen LogP contribution in [0.2, 0.25) is 0 Å². The van der Waals surface area contributed by atoms with Crippen molar-refractivity contribution >= 4 is 54.5 Å². The molecule has 0 saturated carbocycles. The van der Waals surface area contributed by atoms with E-state index in [1.54, 1.807) is 0 Å². The topological polar surface area (TPSA) is 34.1 Å². The predicted molar refractivity (Wildman–Crippen MR) is 82.8 cm³/mol. The first kappa shape index (κ1) is 20.8. The van der Waals surface area contributed by atoms with E-state index in [-0.39, 0.29) is 15.2 Å². The lowest BCUT2D eigenvalue weighted by molar-refractivity contribution is 0.501. The van der Waals surface area contributed by atoms with E-state index in [4.69, 9.17) is 31.6 Å². The smallest absolute Gasteiger partial charge is 0.160 e. The first-order valence-electron chi connectivity index (χ1n) is 4.58. The quantitative estimate of drug-likeness (QED) is 0.399. The van der Waals surface area contributed by atoms with Gasteiger partial charge in [0, 0.05) is 0 Å². The Balaban J connectivity index is 0. The molecule has 2 aromatic carbocycles. The summed E-state index contributed by atoms with van der Waals surface area (Å²) >= 11 is 9.53. The second kappa shape index (κ2) is 11.4. The van der Waals surface area contributed by atoms with Crippen molar-refractivity contribution in [3.63, 3.8) is 0 Å². The van der Waals surface area contributed by atoms with Gasteiger partial charge in [-0.1, -0.05) is 56.3 Å². The highest BCUT2D eigenvalue weighted by molar-refractivity contribution is 7.81. The maximum absolute atomic E-state index is 9.99. The SMILES string of the molecule is ClCCl.O=S(=O)(F)F.P.c1ccc2ccccc2c1. The Morgan fingerprint density at radius 1 is 0.842 bits per heavy atom. The monoisotopic (exact) mass is 348 g/mol. The van der Waals surface area contributed by atoms with E-state index in [0.29, 0.717) is 0 Å². The summed E-state index contributed by atoms with van der Waals surface area (Å²) in [6.45, 7) is 0. The van der Waals surface area contributed by atoms with Crippen LogP contribution in [0.15, 0.2) is 48.5 Å². The highest BCUT2D eigenvalue weighted by Crippen LogP contribution is 2.11. The molecular formula is C11H13Cl2F2O2PS. The van der Waals surface area contributed by atoms with Crippen LogP contribution in [-0.4, -0.2) is 13.8 Å². The Labute approximate surface area is 124 Å². The van der Waals surface area contributed by atoms with Gasteiger partial charge in [0.2, 0.25) is 0 Å². The van der Waals surface area contributed by atoms with E-state index >= 15 is 0 Å². The largest absolute Gasteiger partial charge is 0.476 e. The van der Waals surface area contributed by atoms with E-state index < -0.39 is 10.6 Å². The Kier molecular flexibility index (Phi) is 12.4. The molecule has 0 bridgehead atoms. The fraction of sp³-hybridized carbons (Fsp3) is 0.0909. The van der Waals surface area contributed by atoms with Crippen LogP contribution < -0.4 is 0 Å². The predicted octanol–water partition coefficient (Wildman–Crippen LogP) is 4.49. The second-order valence-corrected chi connectivity index (χ2v) is 4.39. The summed E-state index contributed by atoms with van der Waals surface area (Å²) in [5.74, 6) is 0. The summed E-state index contributed by atoms with van der Waals surface area (Å²) < 4.78 is 36.6. The normalized spacial score (nSPS) is 9.26. The molecule has 0 aliphatic heterocycles. The zero-order chi connectivity index (χ0) is 14.0. The molecule has 108 valence electrons. The molecule has 0 amide bonds. The number of halogens is 4. The summed E-state index contributed by atoms with van der Waals surface area (Å²) in [4.78, 5) is 0. The molecule has 0 aliphatic carbocycles. The van der Waals surface area contributed by atoms with Crippen molar-refractivity contribution in [1.29, 1.82) is 0 Å².